The summed E-state index contributed by atoms with van der Waals surface area (Å²) in [4.78, 5) is 0. The lowest BCUT2D eigenvalue weighted by molar-refractivity contribution is 0.0992. The Hall–Kier alpha value is -0.0800. The van der Waals surface area contributed by atoms with Gasteiger partial charge < -0.3 is 10.4 Å². The molecule has 0 bridgehead atoms. The molecular formula is C13H27NO. The van der Waals surface area contributed by atoms with E-state index >= 15 is 0 Å². The smallest absolute Gasteiger partial charge is 0.0496 e. The second kappa shape index (κ2) is 5.31. The van der Waals surface area contributed by atoms with Crippen molar-refractivity contribution in [1.82, 2.24) is 5.32 Å². The van der Waals surface area contributed by atoms with Gasteiger partial charge >= 0.3 is 0 Å². The first kappa shape index (κ1) is 13.0. The van der Waals surface area contributed by atoms with E-state index in [0.717, 1.165) is 19.5 Å². The minimum atomic E-state index is 0.0681. The first-order valence-corrected chi connectivity index (χ1v) is 6.41. The molecule has 1 aliphatic carbocycles. The van der Waals surface area contributed by atoms with Crippen LogP contribution in [0.3, 0.4) is 0 Å². The number of aliphatic hydroxyl groups excluding tert-OH is 1. The molecule has 0 saturated heterocycles. The topological polar surface area (TPSA) is 32.3 Å². The molecule has 2 N–H and O–H groups in total. The summed E-state index contributed by atoms with van der Waals surface area (Å²) in [6.45, 7) is 8.97. The molecule has 0 aromatic rings. The van der Waals surface area contributed by atoms with Gasteiger partial charge in [0.15, 0.2) is 0 Å². The van der Waals surface area contributed by atoms with Gasteiger partial charge in [-0.2, -0.15) is 0 Å². The molecule has 0 aliphatic heterocycles. The fourth-order valence-corrected chi connectivity index (χ4v) is 2.25. The molecule has 1 saturated carbocycles. The summed E-state index contributed by atoms with van der Waals surface area (Å²) >= 11 is 0. The fraction of sp³-hybridized carbons (Fsp3) is 1.00. The van der Waals surface area contributed by atoms with Crippen LogP contribution in [0.4, 0.5) is 0 Å². The van der Waals surface area contributed by atoms with Crippen LogP contribution in [-0.4, -0.2) is 24.8 Å². The van der Waals surface area contributed by atoms with Gasteiger partial charge in [-0.25, -0.2) is 0 Å². The lowest BCUT2D eigenvalue weighted by Gasteiger charge is -2.42. The van der Waals surface area contributed by atoms with Gasteiger partial charge in [0.05, 0.1) is 0 Å². The molecule has 0 amide bonds. The van der Waals surface area contributed by atoms with Gasteiger partial charge in [-0.3, -0.25) is 0 Å². The molecule has 2 heteroatoms. The van der Waals surface area contributed by atoms with Gasteiger partial charge in [0.2, 0.25) is 0 Å². The molecule has 0 heterocycles. The van der Waals surface area contributed by atoms with Crippen molar-refractivity contribution >= 4 is 0 Å². The highest BCUT2D eigenvalue weighted by Crippen LogP contribution is 2.43. The monoisotopic (exact) mass is 213 g/mol. The predicted octanol–water partition coefficient (Wildman–Crippen LogP) is 2.56. The van der Waals surface area contributed by atoms with Crippen LogP contribution in [0.25, 0.3) is 0 Å². The van der Waals surface area contributed by atoms with E-state index in [1.165, 1.54) is 25.7 Å². The van der Waals surface area contributed by atoms with Crippen molar-refractivity contribution < 1.29 is 5.11 Å². The zero-order valence-corrected chi connectivity index (χ0v) is 10.6. The third-order valence-corrected chi connectivity index (χ3v) is 4.45. The Morgan fingerprint density at radius 1 is 1.33 bits per heavy atom. The van der Waals surface area contributed by atoms with E-state index in [-0.39, 0.29) is 12.0 Å². The van der Waals surface area contributed by atoms with Gasteiger partial charge in [0, 0.05) is 25.1 Å². The van der Waals surface area contributed by atoms with Crippen molar-refractivity contribution in [3.63, 3.8) is 0 Å². The second-order valence-corrected chi connectivity index (χ2v) is 5.63. The van der Waals surface area contributed by atoms with Crippen LogP contribution in [0.15, 0.2) is 0 Å². The molecule has 0 aromatic carbocycles. The van der Waals surface area contributed by atoms with Crippen molar-refractivity contribution in [2.45, 2.75) is 52.9 Å². The standard InChI is InChI=1S/C13H27NO/c1-4-12(3,11-15)9-14-10-13(5-2)7-6-8-13/h14-15H,4-11H2,1-3H3. The Bertz CT molecular complexity index is 165. The Kier molecular flexibility index (Phi) is 4.60. The van der Waals surface area contributed by atoms with Crippen LogP contribution in [0.5, 0.6) is 0 Å². The van der Waals surface area contributed by atoms with E-state index in [1.807, 2.05) is 0 Å². The summed E-state index contributed by atoms with van der Waals surface area (Å²) in [5.74, 6) is 0. The van der Waals surface area contributed by atoms with Crippen molar-refractivity contribution in [3.8, 4) is 0 Å². The SMILES string of the molecule is CCC(C)(CO)CNCC1(CC)CCC1. The van der Waals surface area contributed by atoms with Crippen LogP contribution in [-0.2, 0) is 0 Å². The first-order chi connectivity index (χ1) is 7.10. The first-order valence-electron chi connectivity index (χ1n) is 6.41. The van der Waals surface area contributed by atoms with Gasteiger partial charge in [0.1, 0.15) is 0 Å². The minimum absolute atomic E-state index is 0.0681. The highest BCUT2D eigenvalue weighted by atomic mass is 16.3. The lowest BCUT2D eigenvalue weighted by atomic mass is 9.67. The van der Waals surface area contributed by atoms with Gasteiger partial charge in [-0.1, -0.05) is 27.2 Å². The molecule has 0 radical (unpaired) electrons. The van der Waals surface area contributed by atoms with Crippen molar-refractivity contribution in [2.75, 3.05) is 19.7 Å². The normalized spacial score (nSPS) is 23.2. The molecule has 90 valence electrons. The number of nitrogens with one attached hydrogen (secondary N) is 1. The second-order valence-electron chi connectivity index (χ2n) is 5.63. The van der Waals surface area contributed by atoms with E-state index in [4.69, 9.17) is 0 Å². The number of hydrogen-bond acceptors (Lipinski definition) is 2. The third-order valence-electron chi connectivity index (χ3n) is 4.45. The average molecular weight is 213 g/mol. The molecule has 15 heavy (non-hydrogen) atoms. The molecule has 1 fully saturated rings. The molecular weight excluding hydrogens is 186 g/mol. The Labute approximate surface area is 94.5 Å². The molecule has 0 spiro atoms. The average Bonchev–Trinajstić information content (AvgIpc) is 2.22. The van der Waals surface area contributed by atoms with E-state index < -0.39 is 0 Å². The summed E-state index contributed by atoms with van der Waals surface area (Å²) in [5, 5.41) is 12.9. The predicted molar refractivity (Wildman–Crippen MR) is 64.9 cm³/mol. The fourth-order valence-electron chi connectivity index (χ4n) is 2.25. The lowest BCUT2D eigenvalue weighted by Crippen LogP contribution is -2.43. The number of hydrogen-bond donors (Lipinski definition) is 2. The molecule has 1 unspecified atom stereocenters. The van der Waals surface area contributed by atoms with Crippen LogP contribution >= 0.6 is 0 Å². The summed E-state index contributed by atoms with van der Waals surface area (Å²) in [5.41, 5.74) is 0.656. The van der Waals surface area contributed by atoms with Crippen LogP contribution in [0.1, 0.15) is 52.9 Å². The Balaban J connectivity index is 2.25. The quantitative estimate of drug-likeness (QED) is 0.681. The molecule has 1 atom stereocenters. The summed E-state index contributed by atoms with van der Waals surface area (Å²) < 4.78 is 0. The maximum atomic E-state index is 9.30. The van der Waals surface area contributed by atoms with Gasteiger partial charge in [-0.15, -0.1) is 0 Å². The molecule has 0 aromatic heterocycles. The molecule has 1 rings (SSSR count). The summed E-state index contributed by atoms with van der Waals surface area (Å²) in [7, 11) is 0. The highest BCUT2D eigenvalue weighted by Gasteiger charge is 2.35. The van der Waals surface area contributed by atoms with E-state index in [1.54, 1.807) is 0 Å². The maximum absolute atomic E-state index is 9.30. The number of aliphatic hydroxyl groups is 1. The zero-order chi connectivity index (χ0) is 11.4. The maximum Gasteiger partial charge on any atom is 0.0496 e. The van der Waals surface area contributed by atoms with Crippen molar-refractivity contribution in [2.24, 2.45) is 10.8 Å². The van der Waals surface area contributed by atoms with Gasteiger partial charge in [0.25, 0.3) is 0 Å². The molecule has 2 nitrogen and oxygen atoms in total. The van der Waals surface area contributed by atoms with Crippen LogP contribution < -0.4 is 5.32 Å². The summed E-state index contributed by atoms with van der Waals surface area (Å²) in [6, 6.07) is 0. The van der Waals surface area contributed by atoms with Crippen molar-refractivity contribution in [1.29, 1.82) is 0 Å². The molecule has 1 aliphatic rings. The van der Waals surface area contributed by atoms with E-state index in [0.29, 0.717) is 5.41 Å². The number of rotatable bonds is 7. The largest absolute Gasteiger partial charge is 0.396 e. The van der Waals surface area contributed by atoms with E-state index in [2.05, 4.69) is 26.1 Å². The minimum Gasteiger partial charge on any atom is -0.396 e. The van der Waals surface area contributed by atoms with Crippen molar-refractivity contribution in [3.05, 3.63) is 0 Å². The van der Waals surface area contributed by atoms with Gasteiger partial charge in [-0.05, 0) is 31.1 Å². The Morgan fingerprint density at radius 3 is 2.33 bits per heavy atom. The van der Waals surface area contributed by atoms with Crippen LogP contribution in [0, 0.1) is 10.8 Å². The summed E-state index contributed by atoms with van der Waals surface area (Å²) in [6.07, 6.45) is 6.51. The third kappa shape index (κ3) is 3.18. The van der Waals surface area contributed by atoms with E-state index in [9.17, 15) is 5.11 Å². The Morgan fingerprint density at radius 2 is 2.00 bits per heavy atom. The van der Waals surface area contributed by atoms with Crippen LogP contribution in [0.2, 0.25) is 0 Å². The highest BCUT2D eigenvalue weighted by molar-refractivity contribution is 4.89. The zero-order valence-electron chi connectivity index (χ0n) is 10.6.